The summed E-state index contributed by atoms with van der Waals surface area (Å²) in [6, 6.07) is 6.91. The van der Waals surface area contributed by atoms with Crippen molar-refractivity contribution in [3.63, 3.8) is 0 Å². The molecule has 0 aliphatic heterocycles. The molecule has 0 unspecified atom stereocenters. The van der Waals surface area contributed by atoms with E-state index >= 15 is 0 Å². The molecule has 0 bridgehead atoms. The van der Waals surface area contributed by atoms with Crippen LogP contribution in [0.2, 0.25) is 0 Å². The second-order valence-corrected chi connectivity index (χ2v) is 4.03. The number of hydrogen-bond donors (Lipinski definition) is 1. The highest BCUT2D eigenvalue weighted by molar-refractivity contribution is 5.19. The van der Waals surface area contributed by atoms with Gasteiger partial charge in [-0.05, 0) is 38.7 Å². The topological polar surface area (TPSA) is 15.3 Å². The molecule has 84 valence electrons. The van der Waals surface area contributed by atoms with Gasteiger partial charge in [-0.25, -0.2) is 4.39 Å². The molecule has 2 nitrogen and oxygen atoms in total. The lowest BCUT2D eigenvalue weighted by Gasteiger charge is -2.16. The van der Waals surface area contributed by atoms with Gasteiger partial charge in [-0.1, -0.05) is 12.1 Å². The molecule has 1 N–H and O–H groups in total. The summed E-state index contributed by atoms with van der Waals surface area (Å²) in [5.41, 5.74) is 1.12. The van der Waals surface area contributed by atoms with Crippen molar-refractivity contribution in [3.05, 3.63) is 35.6 Å². The fourth-order valence-corrected chi connectivity index (χ4v) is 1.37. The van der Waals surface area contributed by atoms with Crippen LogP contribution in [-0.2, 0) is 0 Å². The third-order valence-electron chi connectivity index (χ3n) is 2.38. The van der Waals surface area contributed by atoms with Gasteiger partial charge in [-0.3, -0.25) is 0 Å². The van der Waals surface area contributed by atoms with Crippen molar-refractivity contribution in [2.75, 3.05) is 27.2 Å². The number of nitrogens with zero attached hydrogens (tertiary/aromatic N) is 1. The van der Waals surface area contributed by atoms with Gasteiger partial charge in [0.25, 0.3) is 0 Å². The minimum atomic E-state index is -0.181. The number of benzene rings is 1. The first-order valence-corrected chi connectivity index (χ1v) is 5.23. The number of nitrogens with one attached hydrogen (secondary N) is 1. The number of likely N-dealkylation sites (N-methyl/N-ethyl adjacent to an activating group) is 1. The molecule has 0 aliphatic rings. The van der Waals surface area contributed by atoms with Crippen molar-refractivity contribution in [2.45, 2.75) is 13.0 Å². The predicted octanol–water partition coefficient (Wildman–Crippen LogP) is 2.04. The first kappa shape index (κ1) is 12.1. The van der Waals surface area contributed by atoms with Crippen LogP contribution in [0.5, 0.6) is 0 Å². The van der Waals surface area contributed by atoms with E-state index in [-0.39, 0.29) is 11.9 Å². The lowest BCUT2D eigenvalue weighted by atomic mass is 10.1. The zero-order valence-electron chi connectivity index (χ0n) is 9.63. The molecular formula is C12H19FN2. The molecule has 0 radical (unpaired) electrons. The van der Waals surface area contributed by atoms with E-state index in [2.05, 4.69) is 17.1 Å². The lowest BCUT2D eigenvalue weighted by molar-refractivity contribution is 0.389. The monoisotopic (exact) mass is 210 g/mol. The normalized spacial score (nSPS) is 13.1. The molecule has 0 amide bonds. The Bertz CT molecular complexity index is 282. The van der Waals surface area contributed by atoms with E-state index < -0.39 is 0 Å². The van der Waals surface area contributed by atoms with Crippen molar-refractivity contribution in [1.29, 1.82) is 0 Å². The van der Waals surface area contributed by atoms with E-state index in [0.717, 1.165) is 18.7 Å². The summed E-state index contributed by atoms with van der Waals surface area (Å²) >= 11 is 0. The zero-order valence-corrected chi connectivity index (χ0v) is 9.63. The maximum absolute atomic E-state index is 12.7. The Morgan fingerprint density at radius 3 is 2.40 bits per heavy atom. The van der Waals surface area contributed by atoms with Crippen LogP contribution in [0.3, 0.4) is 0 Å². The molecule has 3 heteroatoms. The molecular weight excluding hydrogens is 191 g/mol. The second-order valence-electron chi connectivity index (χ2n) is 4.03. The molecule has 0 aromatic heterocycles. The van der Waals surface area contributed by atoms with Crippen molar-refractivity contribution in [1.82, 2.24) is 10.2 Å². The first-order valence-electron chi connectivity index (χ1n) is 5.23. The Labute approximate surface area is 91.1 Å². The minimum Gasteiger partial charge on any atom is -0.309 e. The lowest BCUT2D eigenvalue weighted by Crippen LogP contribution is -2.28. The van der Waals surface area contributed by atoms with E-state index in [1.54, 1.807) is 0 Å². The smallest absolute Gasteiger partial charge is 0.123 e. The number of rotatable bonds is 5. The van der Waals surface area contributed by atoms with Gasteiger partial charge >= 0.3 is 0 Å². The molecule has 1 atom stereocenters. The molecule has 0 aliphatic carbocycles. The Morgan fingerprint density at radius 2 is 1.87 bits per heavy atom. The van der Waals surface area contributed by atoms with E-state index in [0.29, 0.717) is 0 Å². The van der Waals surface area contributed by atoms with E-state index in [1.807, 2.05) is 26.2 Å². The molecule has 15 heavy (non-hydrogen) atoms. The van der Waals surface area contributed by atoms with Crippen molar-refractivity contribution >= 4 is 0 Å². The van der Waals surface area contributed by atoms with Crippen LogP contribution in [-0.4, -0.2) is 32.1 Å². The standard InChI is InChI=1S/C12H19FN2/c1-10(14-8-9-15(2)3)11-4-6-12(13)7-5-11/h4-7,10,14H,8-9H2,1-3H3/t10-/m1/s1. The maximum atomic E-state index is 12.7. The van der Waals surface area contributed by atoms with Crippen LogP contribution in [0.4, 0.5) is 4.39 Å². The molecule has 0 saturated carbocycles. The predicted molar refractivity (Wildman–Crippen MR) is 61.4 cm³/mol. The highest BCUT2D eigenvalue weighted by Crippen LogP contribution is 2.12. The highest BCUT2D eigenvalue weighted by Gasteiger charge is 2.03. The maximum Gasteiger partial charge on any atom is 0.123 e. The van der Waals surface area contributed by atoms with Crippen molar-refractivity contribution < 1.29 is 4.39 Å². The van der Waals surface area contributed by atoms with E-state index in [4.69, 9.17) is 0 Å². The summed E-state index contributed by atoms with van der Waals surface area (Å²) < 4.78 is 12.7. The summed E-state index contributed by atoms with van der Waals surface area (Å²) in [6.07, 6.45) is 0. The SMILES string of the molecule is C[C@@H](NCCN(C)C)c1ccc(F)cc1. The summed E-state index contributed by atoms with van der Waals surface area (Å²) in [6.45, 7) is 4.03. The van der Waals surface area contributed by atoms with Gasteiger partial charge in [0.05, 0.1) is 0 Å². The first-order chi connectivity index (χ1) is 7.09. The molecule has 1 rings (SSSR count). The summed E-state index contributed by atoms with van der Waals surface area (Å²) in [7, 11) is 4.09. The quantitative estimate of drug-likeness (QED) is 0.800. The van der Waals surface area contributed by atoms with Gasteiger partial charge in [0.1, 0.15) is 5.82 Å². The number of halogens is 1. The van der Waals surface area contributed by atoms with Crippen LogP contribution in [0.15, 0.2) is 24.3 Å². The van der Waals surface area contributed by atoms with Crippen molar-refractivity contribution in [3.8, 4) is 0 Å². The van der Waals surface area contributed by atoms with Gasteiger partial charge in [0.15, 0.2) is 0 Å². The summed E-state index contributed by atoms with van der Waals surface area (Å²) in [4.78, 5) is 2.13. The molecule has 0 fully saturated rings. The Kier molecular flexibility index (Phi) is 4.72. The third kappa shape index (κ3) is 4.40. The van der Waals surface area contributed by atoms with Gasteiger partial charge in [0.2, 0.25) is 0 Å². The van der Waals surface area contributed by atoms with Crippen molar-refractivity contribution in [2.24, 2.45) is 0 Å². The molecule has 1 aromatic carbocycles. The van der Waals surface area contributed by atoms with E-state index in [1.165, 1.54) is 12.1 Å². The van der Waals surface area contributed by atoms with Gasteiger partial charge < -0.3 is 10.2 Å². The van der Waals surface area contributed by atoms with Gasteiger partial charge in [0, 0.05) is 19.1 Å². The van der Waals surface area contributed by atoms with Gasteiger partial charge in [-0.15, -0.1) is 0 Å². The number of hydrogen-bond acceptors (Lipinski definition) is 2. The Hall–Kier alpha value is -0.930. The highest BCUT2D eigenvalue weighted by atomic mass is 19.1. The second kappa shape index (κ2) is 5.83. The summed E-state index contributed by atoms with van der Waals surface area (Å²) in [5.74, 6) is -0.181. The molecule has 0 spiro atoms. The Morgan fingerprint density at radius 1 is 1.27 bits per heavy atom. The zero-order chi connectivity index (χ0) is 11.3. The average Bonchev–Trinajstić information content (AvgIpc) is 2.18. The molecule has 0 saturated heterocycles. The summed E-state index contributed by atoms with van der Waals surface area (Å²) in [5, 5.41) is 3.39. The van der Waals surface area contributed by atoms with Crippen LogP contribution in [0.25, 0.3) is 0 Å². The fraction of sp³-hybridized carbons (Fsp3) is 0.500. The average molecular weight is 210 g/mol. The van der Waals surface area contributed by atoms with Gasteiger partial charge in [-0.2, -0.15) is 0 Å². The largest absolute Gasteiger partial charge is 0.309 e. The third-order valence-corrected chi connectivity index (χ3v) is 2.38. The molecule has 0 heterocycles. The van der Waals surface area contributed by atoms with Crippen LogP contribution < -0.4 is 5.32 Å². The van der Waals surface area contributed by atoms with Crippen LogP contribution in [0, 0.1) is 5.82 Å². The molecule has 1 aromatic rings. The fourth-order valence-electron chi connectivity index (χ4n) is 1.37. The minimum absolute atomic E-state index is 0.181. The van der Waals surface area contributed by atoms with Crippen LogP contribution in [0.1, 0.15) is 18.5 Å². The van der Waals surface area contributed by atoms with E-state index in [9.17, 15) is 4.39 Å². The van der Waals surface area contributed by atoms with Crippen LogP contribution >= 0.6 is 0 Å². The Balaban J connectivity index is 2.40.